The fourth-order valence-corrected chi connectivity index (χ4v) is 3.54. The van der Waals surface area contributed by atoms with Crippen LogP contribution in [0.2, 0.25) is 5.02 Å². The van der Waals surface area contributed by atoms with Crippen LogP contribution in [0.5, 0.6) is 0 Å². The van der Waals surface area contributed by atoms with Crippen molar-refractivity contribution in [1.82, 2.24) is 4.90 Å². The first-order chi connectivity index (χ1) is 14.6. The van der Waals surface area contributed by atoms with Gasteiger partial charge in [0.15, 0.2) is 5.82 Å². The molecule has 166 valence electrons. The molecule has 1 aliphatic rings. The number of carbonyl (C=O) groups excluding carboxylic acids is 2. The van der Waals surface area contributed by atoms with Gasteiger partial charge in [0.2, 0.25) is 5.91 Å². The van der Waals surface area contributed by atoms with Gasteiger partial charge in [0.05, 0.1) is 12.2 Å². The van der Waals surface area contributed by atoms with Gasteiger partial charge in [0, 0.05) is 22.6 Å². The number of alkyl halides is 2. The van der Waals surface area contributed by atoms with Gasteiger partial charge in [-0.05, 0) is 25.5 Å². The molecule has 0 spiro atoms. The summed E-state index contributed by atoms with van der Waals surface area (Å²) >= 11 is 6.14. The Bertz CT molecular complexity index is 986. The van der Waals surface area contributed by atoms with E-state index < -0.39 is 48.9 Å². The number of likely N-dealkylation sites (tertiary alicyclic amines) is 1. The fraction of sp³-hybridized carbons (Fsp3) is 0.364. The lowest BCUT2D eigenvalue weighted by Crippen LogP contribution is -2.44. The summed E-state index contributed by atoms with van der Waals surface area (Å²) in [5.41, 5.74) is 0.366. The molecule has 1 fully saturated rings. The number of hydrogen-bond acceptors (Lipinski definition) is 3. The van der Waals surface area contributed by atoms with E-state index in [9.17, 15) is 18.4 Å². The van der Waals surface area contributed by atoms with Crippen molar-refractivity contribution < 1.29 is 27.5 Å². The van der Waals surface area contributed by atoms with Gasteiger partial charge in [-0.15, -0.1) is 0 Å². The summed E-state index contributed by atoms with van der Waals surface area (Å²) in [6, 6.07) is 9.43. The van der Waals surface area contributed by atoms with Gasteiger partial charge in [0.1, 0.15) is 12.1 Å². The summed E-state index contributed by atoms with van der Waals surface area (Å²) < 4.78 is 48.2. The normalized spacial score (nSPS) is 18.5. The van der Waals surface area contributed by atoms with Crippen LogP contribution < -0.4 is 5.32 Å². The molecule has 2 amide bonds. The van der Waals surface area contributed by atoms with E-state index in [0.29, 0.717) is 21.9 Å². The van der Waals surface area contributed by atoms with Crippen LogP contribution in [0.4, 0.5) is 23.7 Å². The Morgan fingerprint density at radius 2 is 1.90 bits per heavy atom. The molecule has 1 aliphatic heterocycles. The standard InChI is InChI=1S/C22H22ClF3N2O3/c1-3-13(2)31-21(30)28-12-22(25,26)11-18(28)20(29)27-17-10-6-8-15(19(17)24)14-7-4-5-9-16(14)23/h4-10,13,18H,3,11-12H2,1-2H3,(H,27,29)/t13-,18?/m0/s1. The quantitative estimate of drug-likeness (QED) is 0.627. The number of nitrogens with zero attached hydrogens (tertiary/aromatic N) is 1. The second kappa shape index (κ2) is 9.18. The fourth-order valence-electron chi connectivity index (χ4n) is 3.30. The zero-order valence-corrected chi connectivity index (χ0v) is 17.8. The summed E-state index contributed by atoms with van der Waals surface area (Å²) in [5, 5.41) is 2.65. The zero-order chi connectivity index (χ0) is 22.8. The molecule has 0 bridgehead atoms. The Morgan fingerprint density at radius 3 is 2.58 bits per heavy atom. The molecule has 9 heteroatoms. The third kappa shape index (κ3) is 5.12. The number of anilines is 1. The number of rotatable bonds is 5. The number of ether oxygens (including phenoxy) is 1. The van der Waals surface area contributed by atoms with Crippen molar-refractivity contribution in [1.29, 1.82) is 0 Å². The third-order valence-corrected chi connectivity index (χ3v) is 5.43. The lowest BCUT2D eigenvalue weighted by atomic mass is 10.0. The SMILES string of the molecule is CC[C@H](C)OC(=O)N1CC(F)(F)CC1C(=O)Nc1cccc(-c2ccccc2Cl)c1F. The van der Waals surface area contributed by atoms with Gasteiger partial charge in [-0.1, -0.05) is 48.9 Å². The summed E-state index contributed by atoms with van der Waals surface area (Å²) in [4.78, 5) is 25.8. The lowest BCUT2D eigenvalue weighted by molar-refractivity contribution is -0.120. The van der Waals surface area contributed by atoms with E-state index in [1.165, 1.54) is 18.2 Å². The molecule has 1 heterocycles. The molecule has 3 rings (SSSR count). The largest absolute Gasteiger partial charge is 0.446 e. The lowest BCUT2D eigenvalue weighted by Gasteiger charge is -2.24. The van der Waals surface area contributed by atoms with E-state index in [2.05, 4.69) is 5.32 Å². The minimum absolute atomic E-state index is 0.146. The van der Waals surface area contributed by atoms with Crippen LogP contribution in [0.15, 0.2) is 42.5 Å². The number of halogens is 4. The molecule has 31 heavy (non-hydrogen) atoms. The van der Waals surface area contributed by atoms with Crippen LogP contribution in [-0.2, 0) is 9.53 Å². The van der Waals surface area contributed by atoms with Crippen molar-refractivity contribution in [3.8, 4) is 11.1 Å². The van der Waals surface area contributed by atoms with Crippen molar-refractivity contribution >= 4 is 29.3 Å². The van der Waals surface area contributed by atoms with Crippen molar-refractivity contribution in [2.45, 2.75) is 44.8 Å². The second-order valence-corrected chi connectivity index (χ2v) is 7.85. The van der Waals surface area contributed by atoms with E-state index in [4.69, 9.17) is 16.3 Å². The topological polar surface area (TPSA) is 58.6 Å². The molecule has 0 saturated carbocycles. The van der Waals surface area contributed by atoms with Crippen molar-refractivity contribution in [3.05, 3.63) is 53.3 Å². The maximum absolute atomic E-state index is 15.1. The van der Waals surface area contributed by atoms with Crippen molar-refractivity contribution in [2.75, 3.05) is 11.9 Å². The van der Waals surface area contributed by atoms with Crippen molar-refractivity contribution in [2.24, 2.45) is 0 Å². The summed E-state index contributed by atoms with van der Waals surface area (Å²) in [6.45, 7) is 2.45. The molecule has 2 atom stereocenters. The van der Waals surface area contributed by atoms with E-state index in [0.717, 1.165) is 0 Å². The Kier molecular flexibility index (Phi) is 6.79. The van der Waals surface area contributed by atoms with Crippen LogP contribution in [0.3, 0.4) is 0 Å². The molecule has 0 aromatic heterocycles. The smallest absolute Gasteiger partial charge is 0.410 e. The molecule has 1 unspecified atom stereocenters. The minimum atomic E-state index is -3.26. The monoisotopic (exact) mass is 454 g/mol. The molecule has 2 aromatic rings. The number of nitrogens with one attached hydrogen (secondary N) is 1. The molecule has 1 N–H and O–H groups in total. The van der Waals surface area contributed by atoms with Gasteiger partial charge in [-0.25, -0.2) is 18.0 Å². The molecule has 2 aromatic carbocycles. The molecule has 0 aliphatic carbocycles. The Balaban J connectivity index is 1.84. The van der Waals surface area contributed by atoms with Crippen LogP contribution in [0.25, 0.3) is 11.1 Å². The molecule has 0 radical (unpaired) electrons. The van der Waals surface area contributed by atoms with Crippen LogP contribution in [0.1, 0.15) is 26.7 Å². The predicted octanol–water partition coefficient (Wildman–Crippen LogP) is 5.73. The van der Waals surface area contributed by atoms with E-state index in [1.807, 2.05) is 0 Å². The Morgan fingerprint density at radius 1 is 1.23 bits per heavy atom. The van der Waals surface area contributed by atoms with Gasteiger partial charge in [-0.2, -0.15) is 0 Å². The maximum Gasteiger partial charge on any atom is 0.410 e. The first-order valence-electron chi connectivity index (χ1n) is 9.82. The van der Waals surface area contributed by atoms with Gasteiger partial charge >= 0.3 is 6.09 Å². The predicted molar refractivity (Wildman–Crippen MR) is 112 cm³/mol. The highest BCUT2D eigenvalue weighted by molar-refractivity contribution is 6.33. The Labute approximate surface area is 183 Å². The summed E-state index contributed by atoms with van der Waals surface area (Å²) in [5.74, 6) is -4.94. The first-order valence-corrected chi connectivity index (χ1v) is 10.2. The highest BCUT2D eigenvalue weighted by atomic mass is 35.5. The maximum atomic E-state index is 15.1. The molecular formula is C22H22ClF3N2O3. The van der Waals surface area contributed by atoms with Gasteiger partial charge in [-0.3, -0.25) is 9.69 Å². The van der Waals surface area contributed by atoms with Crippen LogP contribution in [0, 0.1) is 5.82 Å². The Hall–Kier alpha value is -2.74. The van der Waals surface area contributed by atoms with Crippen molar-refractivity contribution in [3.63, 3.8) is 0 Å². The van der Waals surface area contributed by atoms with Gasteiger partial charge < -0.3 is 10.1 Å². The first kappa shape index (κ1) is 22.9. The third-order valence-electron chi connectivity index (χ3n) is 5.10. The average Bonchev–Trinajstić information content (AvgIpc) is 3.06. The average molecular weight is 455 g/mol. The van der Waals surface area contributed by atoms with Crippen LogP contribution in [-0.4, -0.2) is 41.5 Å². The summed E-state index contributed by atoms with van der Waals surface area (Å²) in [7, 11) is 0. The number of amides is 2. The van der Waals surface area contributed by atoms with Gasteiger partial charge in [0.25, 0.3) is 5.92 Å². The number of benzene rings is 2. The number of hydrogen-bond donors (Lipinski definition) is 1. The number of carbonyl (C=O) groups is 2. The van der Waals surface area contributed by atoms with E-state index in [1.54, 1.807) is 38.1 Å². The van der Waals surface area contributed by atoms with Crippen LogP contribution >= 0.6 is 11.6 Å². The minimum Gasteiger partial charge on any atom is -0.446 e. The summed E-state index contributed by atoms with van der Waals surface area (Å²) in [6.07, 6.45) is -1.88. The molecule has 5 nitrogen and oxygen atoms in total. The highest BCUT2D eigenvalue weighted by Gasteiger charge is 2.51. The van der Waals surface area contributed by atoms with E-state index >= 15 is 4.39 Å². The highest BCUT2D eigenvalue weighted by Crippen LogP contribution is 2.35. The molecular weight excluding hydrogens is 433 g/mol. The van der Waals surface area contributed by atoms with E-state index in [-0.39, 0.29) is 11.3 Å². The molecule has 1 saturated heterocycles. The zero-order valence-electron chi connectivity index (χ0n) is 17.0. The second-order valence-electron chi connectivity index (χ2n) is 7.44.